The number of fused-ring (bicyclic) bond motifs is 7. The zero-order chi connectivity index (χ0) is 26.3. The highest BCUT2D eigenvalue weighted by atomic mass is 32.2. The van der Waals surface area contributed by atoms with Crippen LogP contribution in [-0.2, 0) is 16.5 Å². The molecule has 3 aromatic heterocycles. The Hall–Kier alpha value is -3.94. The standard InChI is InChI=1S/C23H22N3.C7H8O3S/c1-4-16-5-10-21-17(13-16)7-12-23-25(21)15-20-8-6-18-14-19(24(2)3)9-11-22(18)26(20)23;1-6-2-4-7(5-3-6)11(8,9)10/h5-15H,4H2,1-3H3;2-5H,1H3,(H,8,9,10)/q+1;/p-1. The molecule has 0 bridgehead atoms. The quantitative estimate of drug-likeness (QED) is 0.232. The zero-order valence-electron chi connectivity index (χ0n) is 21.3. The number of nitrogens with zero attached hydrogens (tertiary/aromatic N) is 3. The molecule has 0 aliphatic rings. The Bertz CT molecular complexity index is 1870. The highest BCUT2D eigenvalue weighted by Gasteiger charge is 2.17. The van der Waals surface area contributed by atoms with Crippen molar-refractivity contribution in [1.82, 2.24) is 4.40 Å². The van der Waals surface area contributed by atoms with E-state index >= 15 is 0 Å². The van der Waals surface area contributed by atoms with E-state index in [9.17, 15) is 13.0 Å². The normalized spacial score (nSPS) is 11.7. The van der Waals surface area contributed by atoms with Crippen LogP contribution in [0.5, 0.6) is 0 Å². The summed E-state index contributed by atoms with van der Waals surface area (Å²) in [7, 11) is -0.108. The van der Waals surface area contributed by atoms with Gasteiger partial charge in [0.1, 0.15) is 27.3 Å². The molecule has 0 fully saturated rings. The Labute approximate surface area is 216 Å². The summed E-state index contributed by atoms with van der Waals surface area (Å²) in [6.45, 7) is 4.02. The molecular weight excluding hydrogens is 482 g/mol. The van der Waals surface area contributed by atoms with Crippen LogP contribution >= 0.6 is 0 Å². The lowest BCUT2D eigenvalue weighted by atomic mass is 10.1. The van der Waals surface area contributed by atoms with Crippen molar-refractivity contribution in [1.29, 1.82) is 0 Å². The molecule has 0 saturated carbocycles. The molecule has 0 spiro atoms. The Morgan fingerprint density at radius 1 is 0.865 bits per heavy atom. The zero-order valence-corrected chi connectivity index (χ0v) is 22.2. The number of imidazole rings is 1. The minimum atomic E-state index is -4.27. The van der Waals surface area contributed by atoms with Crippen LogP contribution in [0.25, 0.3) is 33.0 Å². The number of rotatable bonds is 3. The Balaban J connectivity index is 0.000000215. The summed E-state index contributed by atoms with van der Waals surface area (Å²) in [5, 5.41) is 2.54. The van der Waals surface area contributed by atoms with E-state index < -0.39 is 10.1 Å². The van der Waals surface area contributed by atoms with Gasteiger partial charge in [0.15, 0.2) is 5.52 Å². The predicted molar refractivity (Wildman–Crippen MR) is 148 cm³/mol. The van der Waals surface area contributed by atoms with E-state index in [0.29, 0.717) is 0 Å². The van der Waals surface area contributed by atoms with Crippen molar-refractivity contribution in [2.24, 2.45) is 0 Å². The monoisotopic (exact) mass is 511 g/mol. The van der Waals surface area contributed by atoms with E-state index in [4.69, 9.17) is 0 Å². The van der Waals surface area contributed by atoms with Gasteiger partial charge in [0, 0.05) is 36.6 Å². The molecule has 0 saturated heterocycles. The van der Waals surface area contributed by atoms with Gasteiger partial charge in [-0.05, 0) is 79.6 Å². The number of benzene rings is 3. The van der Waals surface area contributed by atoms with Crippen molar-refractivity contribution < 1.29 is 17.4 Å². The number of pyridine rings is 2. The van der Waals surface area contributed by atoms with Crippen LogP contribution in [-0.4, -0.2) is 31.5 Å². The van der Waals surface area contributed by atoms with Crippen LogP contribution in [0.15, 0.2) is 96.0 Å². The summed E-state index contributed by atoms with van der Waals surface area (Å²) in [6, 6.07) is 28.1. The topological polar surface area (TPSA) is 69.0 Å². The van der Waals surface area contributed by atoms with E-state index in [2.05, 4.69) is 102 Å². The third kappa shape index (κ3) is 4.75. The van der Waals surface area contributed by atoms with Crippen LogP contribution in [0.1, 0.15) is 18.1 Å². The highest BCUT2D eigenvalue weighted by molar-refractivity contribution is 7.85. The number of aryl methyl sites for hydroxylation is 2. The SMILES string of the molecule is CCc1ccc2c(ccc3n4c(ccc5cc(N(C)C)ccc54)c[n+]23)c1.Cc1ccc(S(=O)(=O)[O-])cc1. The molecule has 0 aliphatic carbocycles. The summed E-state index contributed by atoms with van der Waals surface area (Å²) in [5.74, 6) is 0. The molecule has 6 rings (SSSR count). The smallest absolute Gasteiger partial charge is 0.292 e. The third-order valence-electron chi connectivity index (χ3n) is 6.68. The van der Waals surface area contributed by atoms with E-state index in [1.165, 1.54) is 56.4 Å². The van der Waals surface area contributed by atoms with E-state index in [-0.39, 0.29) is 4.90 Å². The van der Waals surface area contributed by atoms with Crippen LogP contribution in [0.4, 0.5) is 5.69 Å². The second-order valence-corrected chi connectivity index (χ2v) is 10.8. The molecule has 6 nitrogen and oxygen atoms in total. The van der Waals surface area contributed by atoms with Crippen LogP contribution < -0.4 is 9.30 Å². The van der Waals surface area contributed by atoms with Crippen LogP contribution in [0, 0.1) is 6.92 Å². The summed E-state index contributed by atoms with van der Waals surface area (Å²) in [4.78, 5) is 1.97. The molecule has 0 unspecified atom stereocenters. The van der Waals surface area contributed by atoms with Crippen molar-refractivity contribution in [2.45, 2.75) is 25.2 Å². The molecule has 0 aliphatic heterocycles. The molecular formula is C30H29N3O3S. The first-order valence-electron chi connectivity index (χ1n) is 12.2. The summed E-state index contributed by atoms with van der Waals surface area (Å²) in [6.07, 6.45) is 3.30. The highest BCUT2D eigenvalue weighted by Crippen LogP contribution is 2.25. The maximum atomic E-state index is 10.4. The van der Waals surface area contributed by atoms with Crippen molar-refractivity contribution in [3.8, 4) is 0 Å². The fourth-order valence-corrected chi connectivity index (χ4v) is 5.07. The molecule has 6 aromatic rings. The second-order valence-electron chi connectivity index (χ2n) is 9.44. The third-order valence-corrected chi connectivity index (χ3v) is 7.53. The lowest BCUT2D eigenvalue weighted by Crippen LogP contribution is -2.19. The minimum absolute atomic E-state index is 0.178. The molecule has 0 amide bonds. The van der Waals surface area contributed by atoms with Gasteiger partial charge in [-0.25, -0.2) is 8.42 Å². The Morgan fingerprint density at radius 3 is 2.27 bits per heavy atom. The largest absolute Gasteiger partial charge is 0.744 e. The van der Waals surface area contributed by atoms with Crippen LogP contribution in [0.3, 0.4) is 0 Å². The fraction of sp³-hybridized carbons (Fsp3) is 0.167. The first-order chi connectivity index (χ1) is 17.7. The first kappa shape index (κ1) is 24.7. The van der Waals surface area contributed by atoms with Gasteiger partial charge in [0.05, 0.1) is 4.90 Å². The maximum absolute atomic E-state index is 10.4. The van der Waals surface area contributed by atoms with Gasteiger partial charge in [-0.3, -0.25) is 0 Å². The van der Waals surface area contributed by atoms with Crippen molar-refractivity contribution in [3.05, 3.63) is 102 Å². The molecule has 0 N–H and O–H groups in total. The minimum Gasteiger partial charge on any atom is -0.744 e. The predicted octanol–water partition coefficient (Wildman–Crippen LogP) is 5.51. The first-order valence-corrected chi connectivity index (χ1v) is 13.6. The Morgan fingerprint density at radius 2 is 1.59 bits per heavy atom. The van der Waals surface area contributed by atoms with Crippen molar-refractivity contribution in [2.75, 3.05) is 19.0 Å². The van der Waals surface area contributed by atoms with Crippen LogP contribution in [0.2, 0.25) is 0 Å². The lowest BCUT2D eigenvalue weighted by Gasteiger charge is -2.12. The molecule has 188 valence electrons. The summed E-state index contributed by atoms with van der Waals surface area (Å²) in [5.41, 5.74) is 8.42. The van der Waals surface area contributed by atoms with Gasteiger partial charge < -0.3 is 9.45 Å². The van der Waals surface area contributed by atoms with Gasteiger partial charge in [-0.15, -0.1) is 0 Å². The van der Waals surface area contributed by atoms with E-state index in [0.717, 1.165) is 12.0 Å². The van der Waals surface area contributed by atoms with Gasteiger partial charge >= 0.3 is 0 Å². The number of hydrogen-bond acceptors (Lipinski definition) is 4. The fourth-order valence-electron chi connectivity index (χ4n) is 4.60. The molecule has 3 heterocycles. The average molecular weight is 512 g/mol. The number of aromatic nitrogens is 2. The summed E-state index contributed by atoms with van der Waals surface area (Å²) < 4.78 is 35.8. The number of anilines is 1. The molecule has 0 radical (unpaired) electrons. The molecule has 3 aromatic carbocycles. The molecule has 37 heavy (non-hydrogen) atoms. The summed E-state index contributed by atoms with van der Waals surface area (Å²) >= 11 is 0. The van der Waals surface area contributed by atoms with Gasteiger partial charge in [0.2, 0.25) is 0 Å². The van der Waals surface area contributed by atoms with Gasteiger partial charge in [-0.2, -0.15) is 8.80 Å². The second kappa shape index (κ2) is 9.50. The molecule has 7 heteroatoms. The average Bonchev–Trinajstić information content (AvgIpc) is 3.27. The molecule has 0 atom stereocenters. The lowest BCUT2D eigenvalue weighted by molar-refractivity contribution is -0.479. The van der Waals surface area contributed by atoms with Crippen molar-refractivity contribution in [3.63, 3.8) is 0 Å². The van der Waals surface area contributed by atoms with Crippen molar-refractivity contribution >= 4 is 48.8 Å². The number of hydrogen-bond donors (Lipinski definition) is 0. The van der Waals surface area contributed by atoms with Gasteiger partial charge in [-0.1, -0.05) is 30.7 Å². The van der Waals surface area contributed by atoms with E-state index in [1.807, 2.05) is 6.92 Å². The Kier molecular flexibility index (Phi) is 6.35. The van der Waals surface area contributed by atoms with E-state index in [1.54, 1.807) is 12.1 Å². The maximum Gasteiger partial charge on any atom is 0.292 e. The van der Waals surface area contributed by atoms with Gasteiger partial charge in [0.25, 0.3) is 5.65 Å².